The first-order valence-electron chi connectivity index (χ1n) is 9.21. The maximum absolute atomic E-state index is 12.4. The molecule has 0 aliphatic heterocycles. The number of benzene rings is 2. The van der Waals surface area contributed by atoms with Gasteiger partial charge in [-0.15, -0.1) is 10.2 Å². The summed E-state index contributed by atoms with van der Waals surface area (Å²) in [6, 6.07) is 17.1. The highest BCUT2D eigenvalue weighted by molar-refractivity contribution is 7.15. The van der Waals surface area contributed by atoms with Gasteiger partial charge in [-0.05, 0) is 36.6 Å². The Morgan fingerprint density at radius 3 is 2.57 bits per heavy atom. The van der Waals surface area contributed by atoms with Crippen LogP contribution in [0.3, 0.4) is 0 Å². The Hall–Kier alpha value is -3.06. The molecule has 0 aliphatic rings. The summed E-state index contributed by atoms with van der Waals surface area (Å²) in [5.41, 5.74) is 2.35. The number of amides is 2. The molecule has 0 saturated heterocycles. The summed E-state index contributed by atoms with van der Waals surface area (Å²) >= 11 is 1.39. The van der Waals surface area contributed by atoms with Crippen molar-refractivity contribution in [1.82, 2.24) is 10.2 Å². The van der Waals surface area contributed by atoms with Crippen LogP contribution in [0.25, 0.3) is 0 Å². The smallest absolute Gasteiger partial charge is 0.257 e. The third-order valence-electron chi connectivity index (χ3n) is 4.12. The van der Waals surface area contributed by atoms with E-state index in [4.69, 9.17) is 0 Å². The molecule has 3 rings (SSSR count). The molecular formula is C21H22N4O2S. The van der Waals surface area contributed by atoms with Crippen molar-refractivity contribution in [3.8, 4) is 0 Å². The minimum absolute atomic E-state index is 0.0955. The standard InChI is InChI=1S/C21H22N4O2S/c1-2-18(26)22-17-12-7-11-16(14-17)20(27)23-21-25-24-19(28-21)13-6-10-15-8-4-3-5-9-15/h3-5,7-9,11-12,14H,2,6,10,13H2,1H3,(H,22,26)(H,23,25,27). The van der Waals surface area contributed by atoms with E-state index in [0.29, 0.717) is 22.8 Å². The number of aromatic nitrogens is 2. The van der Waals surface area contributed by atoms with E-state index in [-0.39, 0.29) is 11.8 Å². The van der Waals surface area contributed by atoms with E-state index in [9.17, 15) is 9.59 Å². The summed E-state index contributed by atoms with van der Waals surface area (Å²) in [6.45, 7) is 1.78. The molecule has 0 radical (unpaired) electrons. The lowest BCUT2D eigenvalue weighted by atomic mass is 10.1. The average molecular weight is 395 g/mol. The van der Waals surface area contributed by atoms with E-state index < -0.39 is 0 Å². The molecule has 2 aromatic carbocycles. The van der Waals surface area contributed by atoms with Gasteiger partial charge in [0, 0.05) is 24.1 Å². The maximum atomic E-state index is 12.4. The van der Waals surface area contributed by atoms with Crippen LogP contribution in [-0.4, -0.2) is 22.0 Å². The van der Waals surface area contributed by atoms with Gasteiger partial charge in [-0.2, -0.15) is 0 Å². The highest BCUT2D eigenvalue weighted by Crippen LogP contribution is 2.19. The summed E-state index contributed by atoms with van der Waals surface area (Å²) in [6.07, 6.45) is 3.17. The molecule has 3 aromatic rings. The van der Waals surface area contributed by atoms with Crippen molar-refractivity contribution in [3.05, 3.63) is 70.7 Å². The molecule has 0 atom stereocenters. The molecule has 6 nitrogen and oxygen atoms in total. The zero-order chi connectivity index (χ0) is 19.8. The quantitative estimate of drug-likeness (QED) is 0.596. The van der Waals surface area contributed by atoms with Crippen LogP contribution in [-0.2, 0) is 17.6 Å². The molecule has 7 heteroatoms. The number of nitrogens with zero attached hydrogens (tertiary/aromatic N) is 2. The van der Waals surface area contributed by atoms with Gasteiger partial charge in [0.1, 0.15) is 5.01 Å². The average Bonchev–Trinajstić information content (AvgIpc) is 3.16. The summed E-state index contributed by atoms with van der Waals surface area (Å²) < 4.78 is 0. The monoisotopic (exact) mass is 394 g/mol. The lowest BCUT2D eigenvalue weighted by Gasteiger charge is -2.06. The van der Waals surface area contributed by atoms with Crippen molar-refractivity contribution in [2.24, 2.45) is 0 Å². The van der Waals surface area contributed by atoms with Crippen LogP contribution in [0.4, 0.5) is 10.8 Å². The predicted molar refractivity (Wildman–Crippen MR) is 112 cm³/mol. The third-order valence-corrected chi connectivity index (χ3v) is 5.01. The Balaban J connectivity index is 1.53. The van der Waals surface area contributed by atoms with Crippen LogP contribution in [0, 0.1) is 0 Å². The molecule has 144 valence electrons. The normalized spacial score (nSPS) is 10.5. The molecule has 0 saturated carbocycles. The number of anilines is 2. The molecule has 0 spiro atoms. The highest BCUT2D eigenvalue weighted by atomic mass is 32.1. The van der Waals surface area contributed by atoms with Crippen LogP contribution in [0.2, 0.25) is 0 Å². The van der Waals surface area contributed by atoms with E-state index in [2.05, 4.69) is 33.0 Å². The Morgan fingerprint density at radius 2 is 1.79 bits per heavy atom. The lowest BCUT2D eigenvalue weighted by molar-refractivity contribution is -0.115. The molecule has 28 heavy (non-hydrogen) atoms. The van der Waals surface area contributed by atoms with E-state index >= 15 is 0 Å². The lowest BCUT2D eigenvalue weighted by Crippen LogP contribution is -2.13. The number of nitrogens with one attached hydrogen (secondary N) is 2. The van der Waals surface area contributed by atoms with Gasteiger partial charge in [0.2, 0.25) is 11.0 Å². The number of hydrogen-bond donors (Lipinski definition) is 2. The van der Waals surface area contributed by atoms with E-state index in [0.717, 1.165) is 24.3 Å². The Labute approximate surface area is 168 Å². The first-order chi connectivity index (χ1) is 13.6. The maximum Gasteiger partial charge on any atom is 0.257 e. The zero-order valence-electron chi connectivity index (χ0n) is 15.6. The predicted octanol–water partition coefficient (Wildman–Crippen LogP) is 4.31. The summed E-state index contributed by atoms with van der Waals surface area (Å²) in [7, 11) is 0. The van der Waals surface area contributed by atoms with Gasteiger partial charge in [0.25, 0.3) is 5.91 Å². The van der Waals surface area contributed by atoms with Crippen LogP contribution < -0.4 is 10.6 Å². The Kier molecular flexibility index (Phi) is 6.86. The molecular weight excluding hydrogens is 372 g/mol. The van der Waals surface area contributed by atoms with Gasteiger partial charge in [0.05, 0.1) is 0 Å². The van der Waals surface area contributed by atoms with Crippen LogP contribution >= 0.6 is 11.3 Å². The largest absolute Gasteiger partial charge is 0.326 e. The van der Waals surface area contributed by atoms with E-state index in [1.54, 1.807) is 31.2 Å². The molecule has 0 bridgehead atoms. The van der Waals surface area contributed by atoms with Crippen molar-refractivity contribution in [1.29, 1.82) is 0 Å². The molecule has 0 fully saturated rings. The number of aryl methyl sites for hydroxylation is 2. The molecule has 1 heterocycles. The van der Waals surface area contributed by atoms with Gasteiger partial charge in [-0.25, -0.2) is 0 Å². The fourth-order valence-electron chi connectivity index (χ4n) is 2.65. The number of hydrogen-bond acceptors (Lipinski definition) is 5. The van der Waals surface area contributed by atoms with Gasteiger partial charge in [-0.1, -0.05) is 54.7 Å². The fraction of sp³-hybridized carbons (Fsp3) is 0.238. The second-order valence-corrected chi connectivity index (χ2v) is 7.34. The van der Waals surface area contributed by atoms with Crippen molar-refractivity contribution in [2.45, 2.75) is 32.6 Å². The number of carbonyl (C=O) groups excluding carboxylic acids is 2. The third kappa shape index (κ3) is 5.72. The first kappa shape index (κ1) is 19.7. The molecule has 2 N–H and O–H groups in total. The highest BCUT2D eigenvalue weighted by Gasteiger charge is 2.11. The first-order valence-corrected chi connectivity index (χ1v) is 10.0. The topological polar surface area (TPSA) is 84.0 Å². The number of rotatable bonds is 8. The van der Waals surface area contributed by atoms with Crippen LogP contribution in [0.15, 0.2) is 54.6 Å². The Morgan fingerprint density at radius 1 is 0.964 bits per heavy atom. The minimum Gasteiger partial charge on any atom is -0.326 e. The van der Waals surface area contributed by atoms with Crippen molar-refractivity contribution in [2.75, 3.05) is 10.6 Å². The fourth-order valence-corrected chi connectivity index (χ4v) is 3.43. The SMILES string of the molecule is CCC(=O)Nc1cccc(C(=O)Nc2nnc(CCCc3ccccc3)s2)c1. The second kappa shape index (κ2) is 9.75. The van der Waals surface area contributed by atoms with Crippen LogP contribution in [0.5, 0.6) is 0 Å². The minimum atomic E-state index is -0.278. The molecule has 0 unspecified atom stereocenters. The van der Waals surface area contributed by atoms with Gasteiger partial charge < -0.3 is 5.32 Å². The molecule has 1 aromatic heterocycles. The van der Waals surface area contributed by atoms with Crippen molar-refractivity contribution < 1.29 is 9.59 Å². The van der Waals surface area contributed by atoms with Gasteiger partial charge >= 0.3 is 0 Å². The van der Waals surface area contributed by atoms with Crippen LogP contribution in [0.1, 0.15) is 40.7 Å². The van der Waals surface area contributed by atoms with Gasteiger partial charge in [0.15, 0.2) is 0 Å². The summed E-state index contributed by atoms with van der Waals surface area (Å²) in [5, 5.41) is 15.1. The van der Waals surface area contributed by atoms with Crippen molar-refractivity contribution in [3.63, 3.8) is 0 Å². The van der Waals surface area contributed by atoms with Crippen molar-refractivity contribution >= 4 is 34.0 Å². The van der Waals surface area contributed by atoms with E-state index in [1.165, 1.54) is 16.9 Å². The summed E-state index contributed by atoms with van der Waals surface area (Å²) in [4.78, 5) is 23.9. The number of carbonyl (C=O) groups is 2. The second-order valence-electron chi connectivity index (χ2n) is 6.28. The molecule has 2 amide bonds. The molecule has 0 aliphatic carbocycles. The van der Waals surface area contributed by atoms with Gasteiger partial charge in [-0.3, -0.25) is 14.9 Å². The van der Waals surface area contributed by atoms with E-state index in [1.807, 2.05) is 18.2 Å². The zero-order valence-corrected chi connectivity index (χ0v) is 16.5. The Bertz CT molecular complexity index is 940. The summed E-state index contributed by atoms with van der Waals surface area (Å²) in [5.74, 6) is -0.374.